The molecule has 1 heterocycles. The molecule has 1 aliphatic heterocycles. The van der Waals surface area contributed by atoms with E-state index < -0.39 is 12.1 Å². The molecular weight excluding hydrogens is 459 g/mol. The molecule has 0 amide bonds. The molecule has 7 heteroatoms. The Morgan fingerprint density at radius 3 is 2.86 bits per heavy atom. The van der Waals surface area contributed by atoms with Crippen LogP contribution in [-0.2, 0) is 20.7 Å². The molecule has 36 heavy (non-hydrogen) atoms. The first-order chi connectivity index (χ1) is 17.3. The number of halogens is 1. The van der Waals surface area contributed by atoms with Crippen LogP contribution in [-0.4, -0.2) is 54.4 Å². The first-order valence-corrected chi connectivity index (χ1v) is 12.5. The minimum atomic E-state index is -0.681. The zero-order valence-electron chi connectivity index (χ0n) is 21.2. The maximum atomic E-state index is 14.0. The maximum Gasteiger partial charge on any atom is 0.330 e. The molecule has 0 bridgehead atoms. The maximum absolute atomic E-state index is 14.0. The van der Waals surface area contributed by atoms with Gasteiger partial charge in [-0.15, -0.1) is 0 Å². The Labute approximate surface area is 212 Å². The van der Waals surface area contributed by atoms with E-state index in [1.54, 1.807) is 44.2 Å². The summed E-state index contributed by atoms with van der Waals surface area (Å²) < 4.78 is 24.9. The SMILES string of the molecule is CCOC(=O)/C=C/c1cc(C#N)ccc1[C@@H](C)OC[C@H](O)CN1CCC[C@H]1Cc1ccc(C)c(F)c1. The minimum absolute atomic E-state index is 0.143. The Hall–Kier alpha value is -3.05. The number of hydrogen-bond donors (Lipinski definition) is 1. The average Bonchev–Trinajstić information content (AvgIpc) is 3.29. The van der Waals surface area contributed by atoms with E-state index in [0.29, 0.717) is 23.2 Å². The highest BCUT2D eigenvalue weighted by Crippen LogP contribution is 2.25. The third-order valence-electron chi connectivity index (χ3n) is 6.53. The van der Waals surface area contributed by atoms with Crippen LogP contribution in [0, 0.1) is 24.1 Å². The van der Waals surface area contributed by atoms with Crippen molar-refractivity contribution in [1.82, 2.24) is 4.90 Å². The van der Waals surface area contributed by atoms with Gasteiger partial charge in [0.15, 0.2) is 0 Å². The predicted molar refractivity (Wildman–Crippen MR) is 137 cm³/mol. The lowest BCUT2D eigenvalue weighted by Gasteiger charge is -2.27. The number of nitrogens with zero attached hydrogens (tertiary/aromatic N) is 2. The molecule has 0 saturated carbocycles. The fourth-order valence-corrected chi connectivity index (χ4v) is 4.58. The summed E-state index contributed by atoms with van der Waals surface area (Å²) in [6.45, 7) is 7.17. The molecule has 0 unspecified atom stereocenters. The molecule has 0 radical (unpaired) electrons. The standard InChI is InChI=1S/C29H35FN2O4/c1-4-35-29(34)12-10-24-14-23(17-31)9-11-27(24)21(3)36-19-26(33)18-32-13-5-6-25(32)15-22-8-7-20(2)28(30)16-22/h7-12,14,16,21,25-26,33H,4-6,13,15,18-19H2,1-3H3/b12-10+/t21-,25+,26-/m1/s1. The summed E-state index contributed by atoms with van der Waals surface area (Å²) >= 11 is 0. The molecule has 0 aromatic heterocycles. The van der Waals surface area contributed by atoms with Gasteiger partial charge < -0.3 is 14.6 Å². The third-order valence-corrected chi connectivity index (χ3v) is 6.53. The molecule has 1 fully saturated rings. The Morgan fingerprint density at radius 1 is 1.33 bits per heavy atom. The summed E-state index contributed by atoms with van der Waals surface area (Å²) in [5, 5.41) is 20.0. The van der Waals surface area contributed by atoms with Gasteiger partial charge >= 0.3 is 5.97 Å². The number of nitriles is 1. The normalized spacial score (nSPS) is 17.7. The quantitative estimate of drug-likeness (QED) is 0.359. The van der Waals surface area contributed by atoms with E-state index in [1.807, 2.05) is 19.1 Å². The number of esters is 1. The zero-order valence-corrected chi connectivity index (χ0v) is 21.2. The van der Waals surface area contributed by atoms with Crippen molar-refractivity contribution in [3.63, 3.8) is 0 Å². The number of aliphatic hydroxyl groups is 1. The number of benzene rings is 2. The highest BCUT2D eigenvalue weighted by Gasteiger charge is 2.27. The molecule has 2 aromatic rings. The van der Waals surface area contributed by atoms with Crippen LogP contribution >= 0.6 is 0 Å². The van der Waals surface area contributed by atoms with E-state index >= 15 is 0 Å². The molecule has 1 N–H and O–H groups in total. The number of carbonyl (C=O) groups is 1. The molecular formula is C29H35FN2O4. The van der Waals surface area contributed by atoms with Crippen LogP contribution < -0.4 is 0 Å². The van der Waals surface area contributed by atoms with Gasteiger partial charge in [-0.2, -0.15) is 5.26 Å². The first kappa shape index (κ1) is 27.5. The van der Waals surface area contributed by atoms with Gasteiger partial charge in [0.25, 0.3) is 0 Å². The van der Waals surface area contributed by atoms with Crippen molar-refractivity contribution in [3.05, 3.63) is 76.1 Å². The van der Waals surface area contributed by atoms with Gasteiger partial charge in [-0.1, -0.05) is 18.2 Å². The van der Waals surface area contributed by atoms with E-state index in [2.05, 4.69) is 11.0 Å². The lowest BCUT2D eigenvalue weighted by molar-refractivity contribution is -0.137. The fourth-order valence-electron chi connectivity index (χ4n) is 4.58. The molecule has 3 rings (SSSR count). The summed E-state index contributed by atoms with van der Waals surface area (Å²) in [4.78, 5) is 14.0. The summed E-state index contributed by atoms with van der Waals surface area (Å²) in [5.74, 6) is -0.637. The van der Waals surface area contributed by atoms with Crippen LogP contribution in [0.3, 0.4) is 0 Å². The van der Waals surface area contributed by atoms with E-state index in [4.69, 9.17) is 9.47 Å². The summed E-state index contributed by atoms with van der Waals surface area (Å²) in [6.07, 6.45) is 4.72. The molecule has 1 aliphatic rings. The fraction of sp³-hybridized carbons (Fsp3) is 0.448. The smallest absolute Gasteiger partial charge is 0.330 e. The van der Waals surface area contributed by atoms with Crippen LogP contribution in [0.15, 0.2) is 42.5 Å². The number of likely N-dealkylation sites (tertiary alicyclic amines) is 1. The number of rotatable bonds is 11. The second kappa shape index (κ2) is 13.3. The Morgan fingerprint density at radius 2 is 2.14 bits per heavy atom. The Bertz CT molecular complexity index is 1110. The monoisotopic (exact) mass is 494 g/mol. The van der Waals surface area contributed by atoms with Gasteiger partial charge in [0.05, 0.1) is 37.1 Å². The average molecular weight is 495 g/mol. The highest BCUT2D eigenvalue weighted by molar-refractivity contribution is 5.87. The van der Waals surface area contributed by atoms with Crippen molar-refractivity contribution in [1.29, 1.82) is 5.26 Å². The van der Waals surface area contributed by atoms with Gasteiger partial charge in [0, 0.05) is 18.7 Å². The van der Waals surface area contributed by atoms with Crippen LogP contribution in [0.5, 0.6) is 0 Å². The van der Waals surface area contributed by atoms with Gasteiger partial charge in [0.1, 0.15) is 5.82 Å². The zero-order chi connectivity index (χ0) is 26.1. The van der Waals surface area contributed by atoms with Gasteiger partial charge in [-0.3, -0.25) is 4.90 Å². The van der Waals surface area contributed by atoms with Crippen molar-refractivity contribution in [2.75, 3.05) is 26.3 Å². The van der Waals surface area contributed by atoms with Crippen molar-refractivity contribution < 1.29 is 23.8 Å². The molecule has 6 nitrogen and oxygen atoms in total. The van der Waals surface area contributed by atoms with Gasteiger partial charge in [-0.25, -0.2) is 9.18 Å². The van der Waals surface area contributed by atoms with E-state index in [9.17, 15) is 19.6 Å². The lowest BCUT2D eigenvalue weighted by atomic mass is 10.00. The topological polar surface area (TPSA) is 82.8 Å². The number of hydrogen-bond acceptors (Lipinski definition) is 6. The Kier molecular flexibility index (Phi) is 10.2. The highest BCUT2D eigenvalue weighted by atomic mass is 19.1. The summed E-state index contributed by atoms with van der Waals surface area (Å²) in [7, 11) is 0. The van der Waals surface area contributed by atoms with Crippen molar-refractivity contribution in [2.24, 2.45) is 0 Å². The van der Waals surface area contributed by atoms with Crippen LogP contribution in [0.4, 0.5) is 4.39 Å². The first-order valence-electron chi connectivity index (χ1n) is 12.5. The molecule has 1 saturated heterocycles. The molecule has 2 aromatic carbocycles. The number of β-amino-alcohol motifs (C(OH)–C–C–N with tert-alkyl or cyclic N) is 1. The molecule has 0 aliphatic carbocycles. The number of aryl methyl sites for hydroxylation is 1. The summed E-state index contributed by atoms with van der Waals surface area (Å²) in [6, 6.07) is 13.0. The minimum Gasteiger partial charge on any atom is -0.463 e. The van der Waals surface area contributed by atoms with Crippen LogP contribution in [0.2, 0.25) is 0 Å². The lowest BCUT2D eigenvalue weighted by Crippen LogP contribution is -2.39. The Balaban J connectivity index is 1.58. The van der Waals surface area contributed by atoms with Crippen molar-refractivity contribution in [3.8, 4) is 6.07 Å². The summed E-state index contributed by atoms with van der Waals surface area (Å²) in [5.41, 5.74) is 3.59. The van der Waals surface area contributed by atoms with Crippen LogP contribution in [0.25, 0.3) is 6.08 Å². The third kappa shape index (κ3) is 7.72. The second-order valence-corrected chi connectivity index (χ2v) is 9.25. The van der Waals surface area contributed by atoms with Gasteiger partial charge in [0.2, 0.25) is 0 Å². The van der Waals surface area contributed by atoms with E-state index in [-0.39, 0.29) is 31.2 Å². The van der Waals surface area contributed by atoms with Gasteiger partial charge in [-0.05, 0) is 93.1 Å². The second-order valence-electron chi connectivity index (χ2n) is 9.25. The molecule has 0 spiro atoms. The van der Waals surface area contributed by atoms with Crippen molar-refractivity contribution in [2.45, 2.75) is 58.3 Å². The van der Waals surface area contributed by atoms with Crippen molar-refractivity contribution >= 4 is 12.0 Å². The number of carbonyl (C=O) groups excluding carboxylic acids is 1. The van der Waals surface area contributed by atoms with E-state index in [0.717, 1.165) is 36.9 Å². The number of ether oxygens (including phenoxy) is 2. The van der Waals surface area contributed by atoms with Crippen LogP contribution in [0.1, 0.15) is 60.6 Å². The molecule has 3 atom stereocenters. The van der Waals surface area contributed by atoms with E-state index in [1.165, 1.54) is 6.08 Å². The largest absolute Gasteiger partial charge is 0.463 e. The number of aliphatic hydroxyl groups excluding tert-OH is 1. The predicted octanol–water partition coefficient (Wildman–Crippen LogP) is 4.73. The molecule has 192 valence electrons.